The fourth-order valence-electron chi connectivity index (χ4n) is 3.93. The van der Waals surface area contributed by atoms with E-state index in [-0.39, 0.29) is 17.4 Å². The molecule has 130 valence electrons. The van der Waals surface area contributed by atoms with Crippen LogP contribution in [-0.4, -0.2) is 40.3 Å². The van der Waals surface area contributed by atoms with Crippen molar-refractivity contribution >= 4 is 23.2 Å². The summed E-state index contributed by atoms with van der Waals surface area (Å²) in [4.78, 5) is 32.5. The fraction of sp³-hybridized carbons (Fsp3) is 0.421. The van der Waals surface area contributed by atoms with Gasteiger partial charge in [0.15, 0.2) is 0 Å². The molecule has 2 aromatic rings. The van der Waals surface area contributed by atoms with Gasteiger partial charge in [0, 0.05) is 18.7 Å². The highest BCUT2D eigenvalue weighted by Gasteiger charge is 2.43. The second kappa shape index (κ2) is 5.95. The van der Waals surface area contributed by atoms with E-state index in [1.165, 1.54) is 11.3 Å². The molecule has 1 atom stereocenters. The molecule has 4 rings (SSSR count). The van der Waals surface area contributed by atoms with Crippen LogP contribution in [0.1, 0.15) is 49.1 Å². The Hall–Kier alpha value is -2.21. The number of amides is 2. The maximum absolute atomic E-state index is 12.9. The molecule has 1 N–H and O–H groups in total. The zero-order valence-electron chi connectivity index (χ0n) is 14.5. The lowest BCUT2D eigenvalue weighted by atomic mass is 9.91. The van der Waals surface area contributed by atoms with Crippen LogP contribution in [0.5, 0.6) is 0 Å². The number of hydrogen-bond donors (Lipinski definition) is 1. The molecule has 2 aliphatic heterocycles. The summed E-state index contributed by atoms with van der Waals surface area (Å²) in [5, 5.41) is 4.13. The SMILES string of the molecule is Cc1nc(C)c(C(=O)N2CC[C@]3(CCc4ccccc4C(=O)N3)C2)s1. The minimum atomic E-state index is -0.320. The summed E-state index contributed by atoms with van der Waals surface area (Å²) in [7, 11) is 0. The van der Waals surface area contributed by atoms with E-state index in [1.807, 2.05) is 43.0 Å². The Morgan fingerprint density at radius 1 is 1.28 bits per heavy atom. The monoisotopic (exact) mass is 355 g/mol. The Kier molecular flexibility index (Phi) is 3.87. The van der Waals surface area contributed by atoms with E-state index in [0.29, 0.717) is 13.1 Å². The summed E-state index contributed by atoms with van der Waals surface area (Å²) >= 11 is 1.45. The van der Waals surface area contributed by atoms with E-state index in [2.05, 4.69) is 10.3 Å². The molecule has 3 heterocycles. The van der Waals surface area contributed by atoms with Crippen LogP contribution in [0.2, 0.25) is 0 Å². The molecular formula is C19H21N3O2S. The summed E-state index contributed by atoms with van der Waals surface area (Å²) in [5.74, 6) is 0.0169. The van der Waals surface area contributed by atoms with Gasteiger partial charge in [0.25, 0.3) is 11.8 Å². The van der Waals surface area contributed by atoms with E-state index < -0.39 is 0 Å². The van der Waals surface area contributed by atoms with Crippen LogP contribution < -0.4 is 5.32 Å². The summed E-state index contributed by atoms with van der Waals surface area (Å²) in [6.45, 7) is 5.04. The molecule has 0 radical (unpaired) electrons. The number of benzene rings is 1. The quantitative estimate of drug-likeness (QED) is 0.855. The van der Waals surface area contributed by atoms with Crippen molar-refractivity contribution in [1.82, 2.24) is 15.2 Å². The predicted octanol–water partition coefficient (Wildman–Crippen LogP) is 2.72. The second-order valence-electron chi connectivity index (χ2n) is 7.02. The topological polar surface area (TPSA) is 62.3 Å². The van der Waals surface area contributed by atoms with Crippen LogP contribution in [0.25, 0.3) is 0 Å². The first kappa shape index (κ1) is 16.3. The van der Waals surface area contributed by atoms with E-state index in [0.717, 1.165) is 46.0 Å². The molecule has 0 unspecified atom stereocenters. The van der Waals surface area contributed by atoms with Crippen LogP contribution in [0.3, 0.4) is 0 Å². The molecule has 2 amide bonds. The first-order valence-electron chi connectivity index (χ1n) is 8.61. The van der Waals surface area contributed by atoms with Gasteiger partial charge in [-0.2, -0.15) is 0 Å². The van der Waals surface area contributed by atoms with Gasteiger partial charge in [-0.3, -0.25) is 9.59 Å². The standard InChI is InChI=1S/C19H21N3O2S/c1-12-16(25-13(2)20-12)18(24)22-10-9-19(11-22)8-7-14-5-3-4-6-15(14)17(23)21-19/h3-6H,7-11H2,1-2H3,(H,21,23)/t19-/m1/s1. The number of rotatable bonds is 1. The molecule has 5 nitrogen and oxygen atoms in total. The number of carbonyl (C=O) groups is 2. The lowest BCUT2D eigenvalue weighted by molar-refractivity contribution is 0.0768. The fourth-order valence-corrected chi connectivity index (χ4v) is 4.82. The minimum Gasteiger partial charge on any atom is -0.345 e. The average molecular weight is 355 g/mol. The number of hydrogen-bond acceptors (Lipinski definition) is 4. The number of nitrogens with one attached hydrogen (secondary N) is 1. The lowest BCUT2D eigenvalue weighted by Gasteiger charge is -2.28. The van der Waals surface area contributed by atoms with Crippen molar-refractivity contribution < 1.29 is 9.59 Å². The molecule has 0 saturated carbocycles. The highest BCUT2D eigenvalue weighted by Crippen LogP contribution is 2.32. The van der Waals surface area contributed by atoms with Gasteiger partial charge < -0.3 is 10.2 Å². The van der Waals surface area contributed by atoms with Crippen molar-refractivity contribution in [3.63, 3.8) is 0 Å². The normalized spacial score (nSPS) is 22.6. The number of thiazole rings is 1. The highest BCUT2D eigenvalue weighted by atomic mass is 32.1. The number of fused-ring (bicyclic) bond motifs is 1. The van der Waals surface area contributed by atoms with Crippen molar-refractivity contribution in [3.8, 4) is 0 Å². The van der Waals surface area contributed by atoms with Gasteiger partial charge in [0.05, 0.1) is 16.2 Å². The van der Waals surface area contributed by atoms with Gasteiger partial charge in [0.2, 0.25) is 0 Å². The number of aromatic nitrogens is 1. The Labute approximate surface area is 151 Å². The average Bonchev–Trinajstić information content (AvgIpc) is 3.12. The van der Waals surface area contributed by atoms with Crippen molar-refractivity contribution in [2.75, 3.05) is 13.1 Å². The Bertz CT molecular complexity index is 860. The molecule has 1 aromatic heterocycles. The summed E-state index contributed by atoms with van der Waals surface area (Å²) in [6.07, 6.45) is 2.52. The zero-order chi connectivity index (χ0) is 17.6. The molecule has 6 heteroatoms. The molecular weight excluding hydrogens is 334 g/mol. The lowest BCUT2D eigenvalue weighted by Crippen LogP contribution is -2.50. The van der Waals surface area contributed by atoms with Gasteiger partial charge in [-0.15, -0.1) is 11.3 Å². The summed E-state index contributed by atoms with van der Waals surface area (Å²) in [6, 6.07) is 7.78. The Morgan fingerprint density at radius 3 is 2.84 bits per heavy atom. The molecule has 1 saturated heterocycles. The van der Waals surface area contributed by atoms with Crippen LogP contribution in [-0.2, 0) is 6.42 Å². The molecule has 1 aromatic carbocycles. The Balaban J connectivity index is 1.55. The van der Waals surface area contributed by atoms with Gasteiger partial charge in [-0.05, 0) is 44.7 Å². The molecule has 2 aliphatic rings. The first-order valence-corrected chi connectivity index (χ1v) is 9.43. The maximum atomic E-state index is 12.9. The van der Waals surface area contributed by atoms with Gasteiger partial charge in [-0.25, -0.2) is 4.98 Å². The van der Waals surface area contributed by atoms with Crippen molar-refractivity contribution in [2.45, 2.75) is 38.6 Å². The largest absolute Gasteiger partial charge is 0.345 e. The van der Waals surface area contributed by atoms with Crippen molar-refractivity contribution in [1.29, 1.82) is 0 Å². The zero-order valence-corrected chi connectivity index (χ0v) is 15.3. The summed E-state index contributed by atoms with van der Waals surface area (Å²) < 4.78 is 0. The predicted molar refractivity (Wildman–Crippen MR) is 97.1 cm³/mol. The summed E-state index contributed by atoms with van der Waals surface area (Å²) in [5.41, 5.74) is 2.33. The smallest absolute Gasteiger partial charge is 0.265 e. The number of likely N-dealkylation sites (tertiary alicyclic amines) is 1. The van der Waals surface area contributed by atoms with Crippen LogP contribution in [0.4, 0.5) is 0 Å². The third-order valence-electron chi connectivity index (χ3n) is 5.25. The number of carbonyl (C=O) groups excluding carboxylic acids is 2. The molecule has 0 aliphatic carbocycles. The van der Waals surface area contributed by atoms with Gasteiger partial charge in [-0.1, -0.05) is 18.2 Å². The Morgan fingerprint density at radius 2 is 2.08 bits per heavy atom. The van der Waals surface area contributed by atoms with E-state index >= 15 is 0 Å². The third kappa shape index (κ3) is 2.84. The molecule has 1 spiro atoms. The van der Waals surface area contributed by atoms with Crippen LogP contribution in [0, 0.1) is 13.8 Å². The van der Waals surface area contributed by atoms with E-state index in [9.17, 15) is 9.59 Å². The molecule has 0 bridgehead atoms. The maximum Gasteiger partial charge on any atom is 0.265 e. The number of nitrogens with zero attached hydrogens (tertiary/aromatic N) is 2. The van der Waals surface area contributed by atoms with Crippen molar-refractivity contribution in [3.05, 3.63) is 51.0 Å². The van der Waals surface area contributed by atoms with Gasteiger partial charge in [0.1, 0.15) is 4.88 Å². The van der Waals surface area contributed by atoms with Crippen LogP contribution >= 0.6 is 11.3 Å². The highest BCUT2D eigenvalue weighted by molar-refractivity contribution is 7.13. The minimum absolute atomic E-state index is 0.0211. The van der Waals surface area contributed by atoms with E-state index in [4.69, 9.17) is 0 Å². The third-order valence-corrected chi connectivity index (χ3v) is 6.31. The second-order valence-corrected chi connectivity index (χ2v) is 8.22. The first-order chi connectivity index (χ1) is 12.0. The molecule has 1 fully saturated rings. The number of aryl methyl sites for hydroxylation is 3. The molecule has 25 heavy (non-hydrogen) atoms. The van der Waals surface area contributed by atoms with Gasteiger partial charge >= 0.3 is 0 Å². The van der Waals surface area contributed by atoms with E-state index in [1.54, 1.807) is 0 Å². The van der Waals surface area contributed by atoms with Crippen molar-refractivity contribution in [2.24, 2.45) is 0 Å². The van der Waals surface area contributed by atoms with Crippen LogP contribution in [0.15, 0.2) is 24.3 Å².